The van der Waals surface area contributed by atoms with Crippen molar-refractivity contribution in [3.05, 3.63) is 29.8 Å². The summed E-state index contributed by atoms with van der Waals surface area (Å²) in [7, 11) is 1.51. The number of hydrogen-bond acceptors (Lipinski definition) is 4. The summed E-state index contributed by atoms with van der Waals surface area (Å²) in [6, 6.07) is 6.91. The average molecular weight is 322 g/mol. The minimum absolute atomic E-state index is 0.221. The highest BCUT2D eigenvalue weighted by Crippen LogP contribution is 2.14. The van der Waals surface area contributed by atoms with E-state index in [1.807, 2.05) is 32.9 Å². The molecule has 2 amide bonds. The number of amides is 2. The van der Waals surface area contributed by atoms with Gasteiger partial charge in [-0.2, -0.15) is 0 Å². The quantitative estimate of drug-likeness (QED) is 0.750. The average Bonchev–Trinajstić information content (AvgIpc) is 2.45. The fourth-order valence-corrected chi connectivity index (χ4v) is 2.02. The minimum atomic E-state index is -0.820. The van der Waals surface area contributed by atoms with Crippen LogP contribution in [0.25, 0.3) is 0 Å². The number of rotatable bonds is 6. The Hall–Kier alpha value is -2.24. The van der Waals surface area contributed by atoms with Crippen LogP contribution in [0.5, 0.6) is 5.75 Å². The van der Waals surface area contributed by atoms with E-state index in [9.17, 15) is 14.7 Å². The summed E-state index contributed by atoms with van der Waals surface area (Å²) in [6.45, 7) is 5.52. The second-order valence-corrected chi connectivity index (χ2v) is 6.44. The van der Waals surface area contributed by atoms with Crippen molar-refractivity contribution in [1.29, 1.82) is 0 Å². The highest BCUT2D eigenvalue weighted by Gasteiger charge is 2.23. The summed E-state index contributed by atoms with van der Waals surface area (Å²) in [4.78, 5) is 23.7. The molecule has 1 aromatic rings. The molecule has 3 N–H and O–H groups in total. The number of phenols is 1. The van der Waals surface area contributed by atoms with Crippen molar-refractivity contribution in [2.24, 2.45) is 0 Å². The highest BCUT2D eigenvalue weighted by molar-refractivity contribution is 5.83. The van der Waals surface area contributed by atoms with Crippen molar-refractivity contribution in [2.75, 3.05) is 7.05 Å². The first-order valence-electron chi connectivity index (χ1n) is 7.69. The van der Waals surface area contributed by atoms with E-state index in [4.69, 9.17) is 4.74 Å². The van der Waals surface area contributed by atoms with Gasteiger partial charge in [0, 0.05) is 12.6 Å². The molecule has 0 fully saturated rings. The van der Waals surface area contributed by atoms with Gasteiger partial charge in [-0.05, 0) is 57.7 Å². The van der Waals surface area contributed by atoms with Crippen molar-refractivity contribution < 1.29 is 19.4 Å². The van der Waals surface area contributed by atoms with Crippen LogP contribution in [0.4, 0.5) is 4.79 Å². The molecule has 0 saturated carbocycles. The van der Waals surface area contributed by atoms with Crippen LogP contribution >= 0.6 is 0 Å². The Morgan fingerprint density at radius 1 is 1.22 bits per heavy atom. The van der Waals surface area contributed by atoms with E-state index in [0.717, 1.165) is 12.0 Å². The maximum Gasteiger partial charge on any atom is 0.408 e. The number of aryl methyl sites for hydroxylation is 1. The number of hydrogen-bond donors (Lipinski definition) is 3. The van der Waals surface area contributed by atoms with Gasteiger partial charge in [0.25, 0.3) is 5.91 Å². The van der Waals surface area contributed by atoms with Crippen molar-refractivity contribution in [3.63, 3.8) is 0 Å². The van der Waals surface area contributed by atoms with E-state index in [1.165, 1.54) is 7.05 Å². The van der Waals surface area contributed by atoms with E-state index in [0.29, 0.717) is 12.8 Å². The van der Waals surface area contributed by atoms with Gasteiger partial charge in [-0.25, -0.2) is 4.79 Å². The molecule has 0 heterocycles. The molecule has 0 unspecified atom stereocenters. The maximum absolute atomic E-state index is 11.9. The summed E-state index contributed by atoms with van der Waals surface area (Å²) < 4.78 is 5.23. The Labute approximate surface area is 137 Å². The summed E-state index contributed by atoms with van der Waals surface area (Å²) >= 11 is 0. The van der Waals surface area contributed by atoms with Crippen molar-refractivity contribution in [2.45, 2.75) is 51.7 Å². The molecule has 0 aliphatic carbocycles. The third kappa shape index (κ3) is 7.54. The first kappa shape index (κ1) is 18.8. The third-order valence-electron chi connectivity index (χ3n) is 3.13. The van der Waals surface area contributed by atoms with Gasteiger partial charge in [-0.3, -0.25) is 4.79 Å². The molecule has 1 rings (SSSR count). The van der Waals surface area contributed by atoms with E-state index in [2.05, 4.69) is 10.6 Å². The van der Waals surface area contributed by atoms with Gasteiger partial charge in [-0.1, -0.05) is 12.1 Å². The van der Waals surface area contributed by atoms with Crippen LogP contribution in [0.3, 0.4) is 0 Å². The summed E-state index contributed by atoms with van der Waals surface area (Å²) in [5.74, 6) is -0.0982. The van der Waals surface area contributed by atoms with E-state index >= 15 is 0 Å². The van der Waals surface area contributed by atoms with Crippen molar-refractivity contribution in [3.8, 4) is 5.75 Å². The zero-order valence-electron chi connectivity index (χ0n) is 14.2. The van der Waals surface area contributed by atoms with Crippen LogP contribution < -0.4 is 10.6 Å². The van der Waals surface area contributed by atoms with Gasteiger partial charge >= 0.3 is 6.09 Å². The molecule has 6 nitrogen and oxygen atoms in total. The molecular formula is C17H26N2O4. The van der Waals surface area contributed by atoms with Gasteiger partial charge in [0.05, 0.1) is 0 Å². The van der Waals surface area contributed by atoms with Gasteiger partial charge in [0.1, 0.15) is 5.75 Å². The fraction of sp³-hybridized carbons (Fsp3) is 0.529. The van der Waals surface area contributed by atoms with Crippen molar-refractivity contribution >= 4 is 12.0 Å². The number of nitrogens with one attached hydrogen (secondary N) is 2. The fourth-order valence-electron chi connectivity index (χ4n) is 2.02. The van der Waals surface area contributed by atoms with E-state index in [-0.39, 0.29) is 11.7 Å². The second kappa shape index (κ2) is 8.41. The summed E-state index contributed by atoms with van der Waals surface area (Å²) in [5.41, 5.74) is 0.633. The monoisotopic (exact) mass is 322 g/mol. The zero-order valence-corrected chi connectivity index (χ0v) is 14.2. The lowest BCUT2D eigenvalue weighted by atomic mass is 10.1. The molecule has 23 heavy (non-hydrogen) atoms. The zero-order chi connectivity index (χ0) is 17.5. The lowest BCUT2D eigenvalue weighted by molar-refractivity contribution is -0.129. The summed E-state index contributed by atoms with van der Waals surface area (Å²) in [6.07, 6.45) is 0.428. The normalized spacial score (nSPS) is 12.3. The molecule has 0 bridgehead atoms. The Kier molecular flexibility index (Phi) is 6.88. The number of ether oxygens (including phenoxy) is 1. The maximum atomic E-state index is 11.9. The molecule has 6 heteroatoms. The van der Waals surface area contributed by atoms with Crippen LogP contribution in [-0.4, -0.2) is 35.8 Å². The Bertz CT molecular complexity index is 520. The number of phenolic OH excluding ortho intramolecular Hbond substituents is 1. The van der Waals surface area contributed by atoms with Crippen molar-refractivity contribution in [1.82, 2.24) is 10.6 Å². The predicted molar refractivity (Wildman–Crippen MR) is 88.3 cm³/mol. The lowest BCUT2D eigenvalue weighted by Crippen LogP contribution is -2.45. The Balaban J connectivity index is 2.52. The van der Waals surface area contributed by atoms with Crippen LogP contribution in [0, 0.1) is 0 Å². The largest absolute Gasteiger partial charge is 0.508 e. The molecule has 128 valence electrons. The smallest absolute Gasteiger partial charge is 0.408 e. The molecule has 0 aliphatic heterocycles. The van der Waals surface area contributed by atoms with Gasteiger partial charge < -0.3 is 20.5 Å². The minimum Gasteiger partial charge on any atom is -0.508 e. The molecule has 0 aliphatic rings. The number of alkyl carbamates (subject to hydrolysis) is 1. The van der Waals surface area contributed by atoms with Crippen LogP contribution in [0.2, 0.25) is 0 Å². The first-order valence-corrected chi connectivity index (χ1v) is 7.69. The highest BCUT2D eigenvalue weighted by atomic mass is 16.6. The molecule has 0 saturated heterocycles. The topological polar surface area (TPSA) is 87.7 Å². The molecular weight excluding hydrogens is 296 g/mol. The SMILES string of the molecule is CNC(=O)[C@H](CCCc1ccc(O)cc1)OC(=O)NC(C)(C)C. The molecule has 1 atom stereocenters. The Morgan fingerprint density at radius 3 is 2.35 bits per heavy atom. The molecule has 0 spiro atoms. The van der Waals surface area contributed by atoms with Crippen LogP contribution in [0.15, 0.2) is 24.3 Å². The standard InChI is InChI=1S/C17H26N2O4/c1-17(2,3)19-16(22)23-14(15(21)18-4)7-5-6-12-8-10-13(20)11-9-12/h8-11,14,20H,5-7H2,1-4H3,(H,18,21)(H,19,22)/t14-/m0/s1. The van der Waals surface area contributed by atoms with Gasteiger partial charge in [0.15, 0.2) is 6.10 Å². The predicted octanol–water partition coefficient (Wildman–Crippen LogP) is 2.35. The number of aromatic hydroxyl groups is 1. The second-order valence-electron chi connectivity index (χ2n) is 6.44. The van der Waals surface area contributed by atoms with Gasteiger partial charge in [0.2, 0.25) is 0 Å². The number of carbonyl (C=O) groups is 2. The van der Waals surface area contributed by atoms with E-state index in [1.54, 1.807) is 12.1 Å². The first-order chi connectivity index (χ1) is 10.7. The van der Waals surface area contributed by atoms with Gasteiger partial charge in [-0.15, -0.1) is 0 Å². The Morgan fingerprint density at radius 2 is 1.83 bits per heavy atom. The summed E-state index contributed by atoms with van der Waals surface area (Å²) in [5, 5.41) is 14.4. The lowest BCUT2D eigenvalue weighted by Gasteiger charge is -2.23. The van der Waals surface area contributed by atoms with E-state index < -0.39 is 17.7 Å². The number of likely N-dealkylation sites (N-methyl/N-ethyl adjacent to an activating group) is 1. The number of benzene rings is 1. The molecule has 1 aromatic carbocycles. The molecule has 0 radical (unpaired) electrons. The third-order valence-corrected chi connectivity index (χ3v) is 3.13. The molecule has 0 aromatic heterocycles. The van der Waals surface area contributed by atoms with Crippen LogP contribution in [0.1, 0.15) is 39.2 Å². The van der Waals surface area contributed by atoms with Crippen LogP contribution in [-0.2, 0) is 16.0 Å². The number of carbonyl (C=O) groups excluding carboxylic acids is 2.